The van der Waals surface area contributed by atoms with E-state index in [1.807, 2.05) is 25.1 Å². The van der Waals surface area contributed by atoms with Gasteiger partial charge in [0.05, 0.1) is 19.9 Å². The van der Waals surface area contributed by atoms with Crippen molar-refractivity contribution in [2.45, 2.75) is 6.92 Å². The molecule has 0 saturated carbocycles. The summed E-state index contributed by atoms with van der Waals surface area (Å²) in [6.45, 7) is 3.08. The van der Waals surface area contributed by atoms with Crippen molar-refractivity contribution in [2.75, 3.05) is 26.9 Å². The van der Waals surface area contributed by atoms with Gasteiger partial charge in [-0.2, -0.15) is 0 Å². The Morgan fingerprint density at radius 1 is 1.00 bits per heavy atom. The van der Waals surface area contributed by atoms with Crippen molar-refractivity contribution in [2.24, 2.45) is 5.16 Å². The van der Waals surface area contributed by atoms with Crippen LogP contribution in [-0.2, 0) is 4.84 Å². The van der Waals surface area contributed by atoms with Crippen LogP contribution in [-0.4, -0.2) is 33.1 Å². The minimum Gasteiger partial charge on any atom is -0.493 e. The molecule has 0 N–H and O–H groups in total. The van der Waals surface area contributed by atoms with E-state index in [2.05, 4.69) is 5.16 Å². The molecule has 2 rings (SSSR count). The van der Waals surface area contributed by atoms with Crippen molar-refractivity contribution in [3.8, 4) is 17.2 Å². The summed E-state index contributed by atoms with van der Waals surface area (Å²) in [4.78, 5) is 5.13. The third-order valence-corrected chi connectivity index (χ3v) is 3.02. The van der Waals surface area contributed by atoms with E-state index >= 15 is 0 Å². The quantitative estimate of drug-likeness (QED) is 0.399. The fourth-order valence-electron chi connectivity index (χ4n) is 1.92. The monoisotopic (exact) mass is 333 g/mol. The lowest BCUT2D eigenvalue weighted by atomic mass is 10.2. The molecule has 0 radical (unpaired) electrons. The topological polar surface area (TPSA) is 49.3 Å². The van der Waals surface area contributed by atoms with E-state index in [0.717, 1.165) is 5.56 Å². The molecule has 0 aliphatic rings. The molecule has 0 fully saturated rings. The Labute approximate surface area is 140 Å². The molecule has 0 aliphatic heterocycles. The SMILES string of the molecule is CCOc1ccc(C=NOCCOc2ccc(F)cc2)cc1OC. The van der Waals surface area contributed by atoms with E-state index in [-0.39, 0.29) is 12.4 Å². The lowest BCUT2D eigenvalue weighted by molar-refractivity contribution is 0.108. The second kappa shape index (κ2) is 9.39. The van der Waals surface area contributed by atoms with Gasteiger partial charge >= 0.3 is 0 Å². The third kappa shape index (κ3) is 5.46. The van der Waals surface area contributed by atoms with Crippen molar-refractivity contribution >= 4 is 6.21 Å². The number of rotatable bonds is 9. The molecular formula is C18H20FNO4. The number of nitrogens with zero attached hydrogens (tertiary/aromatic N) is 1. The van der Waals surface area contributed by atoms with Gasteiger partial charge in [0.1, 0.15) is 18.2 Å². The zero-order chi connectivity index (χ0) is 17.2. The average molecular weight is 333 g/mol. The summed E-state index contributed by atoms with van der Waals surface area (Å²) < 4.78 is 28.8. The van der Waals surface area contributed by atoms with Crippen LogP contribution in [0.1, 0.15) is 12.5 Å². The molecular weight excluding hydrogens is 313 g/mol. The fraction of sp³-hybridized carbons (Fsp3) is 0.278. The van der Waals surface area contributed by atoms with Gasteiger partial charge in [0.15, 0.2) is 18.1 Å². The van der Waals surface area contributed by atoms with Gasteiger partial charge in [-0.15, -0.1) is 0 Å². The molecule has 0 amide bonds. The average Bonchev–Trinajstić information content (AvgIpc) is 2.60. The Bertz CT molecular complexity index is 659. The van der Waals surface area contributed by atoms with E-state index in [0.29, 0.717) is 30.5 Å². The van der Waals surface area contributed by atoms with Gasteiger partial charge in [-0.25, -0.2) is 4.39 Å². The van der Waals surface area contributed by atoms with Crippen LogP contribution in [0.2, 0.25) is 0 Å². The van der Waals surface area contributed by atoms with Crippen LogP contribution in [0, 0.1) is 5.82 Å². The minimum atomic E-state index is -0.297. The maximum Gasteiger partial charge on any atom is 0.161 e. The Morgan fingerprint density at radius 3 is 2.50 bits per heavy atom. The summed E-state index contributed by atoms with van der Waals surface area (Å²) in [5.74, 6) is 1.61. The molecule has 5 nitrogen and oxygen atoms in total. The zero-order valence-electron chi connectivity index (χ0n) is 13.7. The number of oxime groups is 1. The molecule has 0 bridgehead atoms. The van der Waals surface area contributed by atoms with Crippen LogP contribution in [0.4, 0.5) is 4.39 Å². The Balaban J connectivity index is 1.76. The number of methoxy groups -OCH3 is 1. The first-order chi connectivity index (χ1) is 11.7. The highest BCUT2D eigenvalue weighted by atomic mass is 19.1. The Kier molecular flexibility index (Phi) is 6.89. The highest BCUT2D eigenvalue weighted by molar-refractivity contribution is 5.80. The molecule has 0 aromatic heterocycles. The van der Waals surface area contributed by atoms with Gasteiger partial charge in [-0.05, 0) is 49.4 Å². The van der Waals surface area contributed by atoms with Crippen LogP contribution in [0.15, 0.2) is 47.6 Å². The highest BCUT2D eigenvalue weighted by Crippen LogP contribution is 2.27. The van der Waals surface area contributed by atoms with Gasteiger partial charge in [0.2, 0.25) is 0 Å². The first kappa shape index (κ1) is 17.6. The van der Waals surface area contributed by atoms with E-state index < -0.39 is 0 Å². The van der Waals surface area contributed by atoms with Crippen LogP contribution >= 0.6 is 0 Å². The van der Waals surface area contributed by atoms with E-state index in [1.165, 1.54) is 12.1 Å². The number of ether oxygens (including phenoxy) is 3. The van der Waals surface area contributed by atoms with Crippen molar-refractivity contribution < 1.29 is 23.4 Å². The van der Waals surface area contributed by atoms with Crippen LogP contribution in [0.5, 0.6) is 17.2 Å². The summed E-state index contributed by atoms with van der Waals surface area (Å²) in [7, 11) is 1.59. The number of halogens is 1. The smallest absolute Gasteiger partial charge is 0.161 e. The second-order valence-corrected chi connectivity index (χ2v) is 4.71. The molecule has 0 unspecified atom stereocenters. The molecule has 0 atom stereocenters. The van der Waals surface area contributed by atoms with Gasteiger partial charge in [-0.1, -0.05) is 5.16 Å². The lowest BCUT2D eigenvalue weighted by Crippen LogP contribution is -2.04. The molecule has 0 spiro atoms. The van der Waals surface area contributed by atoms with Gasteiger partial charge in [0.25, 0.3) is 0 Å². The van der Waals surface area contributed by atoms with Crippen molar-refractivity contribution in [3.05, 3.63) is 53.8 Å². The van der Waals surface area contributed by atoms with Gasteiger partial charge in [0, 0.05) is 5.56 Å². The summed E-state index contributed by atoms with van der Waals surface area (Å²) >= 11 is 0. The molecule has 0 aliphatic carbocycles. The molecule has 24 heavy (non-hydrogen) atoms. The van der Waals surface area contributed by atoms with E-state index in [1.54, 1.807) is 25.5 Å². The molecule has 0 heterocycles. The minimum absolute atomic E-state index is 0.280. The largest absolute Gasteiger partial charge is 0.493 e. The Hall–Kier alpha value is -2.76. The highest BCUT2D eigenvalue weighted by Gasteiger charge is 2.04. The predicted molar refractivity (Wildman–Crippen MR) is 89.6 cm³/mol. The normalized spacial score (nSPS) is 10.6. The van der Waals surface area contributed by atoms with E-state index in [4.69, 9.17) is 19.0 Å². The second-order valence-electron chi connectivity index (χ2n) is 4.71. The number of hydrogen-bond acceptors (Lipinski definition) is 5. The molecule has 6 heteroatoms. The summed E-state index contributed by atoms with van der Waals surface area (Å²) in [6.07, 6.45) is 1.58. The Morgan fingerprint density at radius 2 is 1.79 bits per heavy atom. The van der Waals surface area contributed by atoms with Crippen LogP contribution < -0.4 is 14.2 Å². The number of benzene rings is 2. The first-order valence-electron chi connectivity index (χ1n) is 7.57. The maximum atomic E-state index is 12.7. The molecule has 2 aromatic rings. The third-order valence-electron chi connectivity index (χ3n) is 3.02. The molecule has 2 aromatic carbocycles. The fourth-order valence-corrected chi connectivity index (χ4v) is 1.92. The summed E-state index contributed by atoms with van der Waals surface area (Å²) in [6, 6.07) is 11.3. The van der Waals surface area contributed by atoms with Crippen molar-refractivity contribution in [1.82, 2.24) is 0 Å². The van der Waals surface area contributed by atoms with Gasteiger partial charge < -0.3 is 19.0 Å². The number of hydrogen-bond donors (Lipinski definition) is 0. The summed E-state index contributed by atoms with van der Waals surface area (Å²) in [5, 5.41) is 3.88. The van der Waals surface area contributed by atoms with Crippen LogP contribution in [0.25, 0.3) is 0 Å². The zero-order valence-corrected chi connectivity index (χ0v) is 13.7. The summed E-state index contributed by atoms with van der Waals surface area (Å²) in [5.41, 5.74) is 0.828. The van der Waals surface area contributed by atoms with Crippen LogP contribution in [0.3, 0.4) is 0 Å². The van der Waals surface area contributed by atoms with Gasteiger partial charge in [-0.3, -0.25) is 0 Å². The lowest BCUT2D eigenvalue weighted by Gasteiger charge is -2.09. The molecule has 128 valence electrons. The van der Waals surface area contributed by atoms with Crippen molar-refractivity contribution in [3.63, 3.8) is 0 Å². The maximum absolute atomic E-state index is 12.7. The first-order valence-corrected chi connectivity index (χ1v) is 7.57. The standard InChI is InChI=1S/C18H20FNO4/c1-3-22-17-9-4-14(12-18(17)21-2)13-20-24-11-10-23-16-7-5-15(19)6-8-16/h4-9,12-13H,3,10-11H2,1-2H3. The van der Waals surface area contributed by atoms with Crippen molar-refractivity contribution in [1.29, 1.82) is 0 Å². The van der Waals surface area contributed by atoms with E-state index in [9.17, 15) is 4.39 Å². The molecule has 0 saturated heterocycles. The predicted octanol–water partition coefficient (Wildman–Crippen LogP) is 3.66.